The third-order valence-electron chi connectivity index (χ3n) is 2.26. The number of benzene rings is 1. The van der Waals surface area contributed by atoms with Crippen LogP contribution >= 0.6 is 0 Å². The topological polar surface area (TPSA) is 57.0 Å². The van der Waals surface area contributed by atoms with Crippen molar-refractivity contribution in [2.45, 2.75) is 13.5 Å². The van der Waals surface area contributed by atoms with Gasteiger partial charge in [-0.15, -0.1) is 0 Å². The van der Waals surface area contributed by atoms with Crippen molar-refractivity contribution in [3.05, 3.63) is 42.5 Å². The minimum Gasteiger partial charge on any atom is -0.493 e. The molecular formula is C12H13N3O2. The fourth-order valence-corrected chi connectivity index (χ4v) is 1.53. The van der Waals surface area contributed by atoms with Crippen molar-refractivity contribution in [2.75, 3.05) is 6.61 Å². The number of carbonyl (C=O) groups is 1. The Hall–Kier alpha value is -2.17. The Morgan fingerprint density at radius 3 is 2.94 bits per heavy atom. The first-order valence-corrected chi connectivity index (χ1v) is 5.38. The summed E-state index contributed by atoms with van der Waals surface area (Å²) in [5.74, 6) is 0.569. The van der Waals surface area contributed by atoms with Gasteiger partial charge in [0, 0.05) is 0 Å². The summed E-state index contributed by atoms with van der Waals surface area (Å²) in [5, 5.41) is 3.90. The van der Waals surface area contributed by atoms with Crippen molar-refractivity contribution in [1.82, 2.24) is 14.8 Å². The van der Waals surface area contributed by atoms with Crippen LogP contribution in [0.4, 0.5) is 0 Å². The van der Waals surface area contributed by atoms with Gasteiger partial charge < -0.3 is 4.74 Å². The Morgan fingerprint density at radius 1 is 1.41 bits per heavy atom. The molecule has 88 valence electrons. The van der Waals surface area contributed by atoms with E-state index in [0.717, 1.165) is 0 Å². The monoisotopic (exact) mass is 231 g/mol. The van der Waals surface area contributed by atoms with E-state index < -0.39 is 0 Å². The van der Waals surface area contributed by atoms with Crippen molar-refractivity contribution in [1.29, 1.82) is 0 Å². The van der Waals surface area contributed by atoms with Gasteiger partial charge in [-0.25, -0.2) is 9.67 Å². The molecule has 0 unspecified atom stereocenters. The van der Waals surface area contributed by atoms with Gasteiger partial charge in [0.25, 0.3) is 0 Å². The molecule has 2 rings (SSSR count). The van der Waals surface area contributed by atoms with Crippen LogP contribution in [0, 0.1) is 0 Å². The lowest BCUT2D eigenvalue weighted by molar-refractivity contribution is 0.0964. The van der Waals surface area contributed by atoms with Gasteiger partial charge in [-0.1, -0.05) is 12.1 Å². The zero-order valence-electron chi connectivity index (χ0n) is 9.54. The number of para-hydroxylation sites is 1. The summed E-state index contributed by atoms with van der Waals surface area (Å²) in [5.41, 5.74) is 0.574. The summed E-state index contributed by atoms with van der Waals surface area (Å²) in [6.45, 7) is 2.59. The number of ketones is 1. The predicted octanol–water partition coefficient (Wildman–Crippen LogP) is 1.56. The molecule has 5 nitrogen and oxygen atoms in total. The number of Topliss-reactive ketones (excluding diaryl/α,β-unsaturated/α-hetero) is 1. The van der Waals surface area contributed by atoms with E-state index in [9.17, 15) is 4.79 Å². The molecule has 0 radical (unpaired) electrons. The van der Waals surface area contributed by atoms with Crippen LogP contribution in [0.2, 0.25) is 0 Å². The van der Waals surface area contributed by atoms with Crippen molar-refractivity contribution in [3.8, 4) is 5.75 Å². The highest BCUT2D eigenvalue weighted by Gasteiger charge is 2.12. The fourth-order valence-electron chi connectivity index (χ4n) is 1.53. The summed E-state index contributed by atoms with van der Waals surface area (Å²) in [7, 11) is 0. The lowest BCUT2D eigenvalue weighted by Crippen LogP contribution is -2.12. The number of carbonyl (C=O) groups excluding carboxylic acids is 1. The Kier molecular flexibility index (Phi) is 3.49. The van der Waals surface area contributed by atoms with Gasteiger partial charge in [-0.2, -0.15) is 5.10 Å². The summed E-state index contributed by atoms with van der Waals surface area (Å²) >= 11 is 0. The molecule has 0 saturated carbocycles. The Balaban J connectivity index is 2.18. The molecule has 1 aromatic heterocycles. The third kappa shape index (κ3) is 2.69. The van der Waals surface area contributed by atoms with Crippen LogP contribution in [0.1, 0.15) is 17.3 Å². The Bertz CT molecular complexity index is 494. The van der Waals surface area contributed by atoms with Gasteiger partial charge >= 0.3 is 0 Å². The van der Waals surface area contributed by atoms with Crippen molar-refractivity contribution in [3.63, 3.8) is 0 Å². The number of nitrogens with zero attached hydrogens (tertiary/aromatic N) is 3. The zero-order chi connectivity index (χ0) is 12.1. The molecular weight excluding hydrogens is 218 g/mol. The molecule has 0 atom stereocenters. The summed E-state index contributed by atoms with van der Waals surface area (Å²) in [4.78, 5) is 15.8. The zero-order valence-corrected chi connectivity index (χ0v) is 9.54. The van der Waals surface area contributed by atoms with Gasteiger partial charge in [0.1, 0.15) is 24.9 Å². The quantitative estimate of drug-likeness (QED) is 0.733. The summed E-state index contributed by atoms with van der Waals surface area (Å²) in [6, 6.07) is 7.21. The molecule has 1 heterocycles. The SMILES string of the molecule is CCOc1ccccc1C(=O)Cn1cncn1. The van der Waals surface area contributed by atoms with Gasteiger partial charge in [0.05, 0.1) is 12.2 Å². The highest BCUT2D eigenvalue weighted by atomic mass is 16.5. The second kappa shape index (κ2) is 5.25. The molecule has 0 spiro atoms. The molecule has 5 heteroatoms. The maximum Gasteiger partial charge on any atom is 0.188 e. The molecule has 1 aromatic carbocycles. The van der Waals surface area contributed by atoms with Crippen LogP contribution in [0.5, 0.6) is 5.75 Å². The number of rotatable bonds is 5. The molecule has 0 amide bonds. The number of ether oxygens (including phenoxy) is 1. The second-order valence-electron chi connectivity index (χ2n) is 3.45. The lowest BCUT2D eigenvalue weighted by atomic mass is 10.1. The van der Waals surface area contributed by atoms with Crippen LogP contribution in [0.25, 0.3) is 0 Å². The first-order chi connectivity index (χ1) is 8.31. The second-order valence-corrected chi connectivity index (χ2v) is 3.45. The van der Waals surface area contributed by atoms with Crippen LogP contribution in [0.15, 0.2) is 36.9 Å². The number of aromatic nitrogens is 3. The van der Waals surface area contributed by atoms with E-state index in [-0.39, 0.29) is 12.3 Å². The Labute approximate surface area is 99.1 Å². The lowest BCUT2D eigenvalue weighted by Gasteiger charge is -2.08. The van der Waals surface area contributed by atoms with Crippen molar-refractivity contribution < 1.29 is 9.53 Å². The van der Waals surface area contributed by atoms with E-state index in [1.54, 1.807) is 12.1 Å². The van der Waals surface area contributed by atoms with Gasteiger partial charge in [0.15, 0.2) is 5.78 Å². The third-order valence-corrected chi connectivity index (χ3v) is 2.26. The average Bonchev–Trinajstić information content (AvgIpc) is 2.83. The molecule has 2 aromatic rings. The fraction of sp³-hybridized carbons (Fsp3) is 0.250. The van der Waals surface area contributed by atoms with Gasteiger partial charge in [0.2, 0.25) is 0 Å². The van der Waals surface area contributed by atoms with Crippen LogP contribution in [-0.4, -0.2) is 27.2 Å². The van der Waals surface area contributed by atoms with Gasteiger partial charge in [-0.05, 0) is 19.1 Å². The minimum atomic E-state index is -0.0421. The molecule has 0 N–H and O–H groups in total. The Morgan fingerprint density at radius 2 is 2.24 bits per heavy atom. The highest BCUT2D eigenvalue weighted by Crippen LogP contribution is 2.18. The maximum absolute atomic E-state index is 12.0. The molecule has 0 fully saturated rings. The van der Waals surface area contributed by atoms with E-state index >= 15 is 0 Å². The smallest absolute Gasteiger partial charge is 0.188 e. The molecule has 0 bridgehead atoms. The van der Waals surface area contributed by atoms with E-state index in [1.165, 1.54) is 17.3 Å². The van der Waals surface area contributed by atoms with Gasteiger partial charge in [-0.3, -0.25) is 4.79 Å². The maximum atomic E-state index is 12.0. The molecule has 0 saturated heterocycles. The average molecular weight is 231 g/mol. The molecule has 17 heavy (non-hydrogen) atoms. The van der Waals surface area contributed by atoms with E-state index in [4.69, 9.17) is 4.74 Å². The van der Waals surface area contributed by atoms with E-state index in [1.807, 2.05) is 19.1 Å². The molecule has 0 aliphatic rings. The minimum absolute atomic E-state index is 0.0421. The number of hydrogen-bond acceptors (Lipinski definition) is 4. The summed E-state index contributed by atoms with van der Waals surface area (Å²) in [6.07, 6.45) is 2.92. The number of hydrogen-bond donors (Lipinski definition) is 0. The van der Waals surface area contributed by atoms with E-state index in [0.29, 0.717) is 17.9 Å². The molecule has 0 aliphatic carbocycles. The first kappa shape index (κ1) is 11.3. The largest absolute Gasteiger partial charge is 0.493 e. The summed E-state index contributed by atoms with van der Waals surface area (Å²) < 4.78 is 6.90. The van der Waals surface area contributed by atoms with E-state index in [2.05, 4.69) is 10.1 Å². The first-order valence-electron chi connectivity index (χ1n) is 5.38. The highest BCUT2D eigenvalue weighted by molar-refractivity contribution is 5.98. The van der Waals surface area contributed by atoms with Crippen molar-refractivity contribution >= 4 is 5.78 Å². The van der Waals surface area contributed by atoms with Crippen LogP contribution in [-0.2, 0) is 6.54 Å². The van der Waals surface area contributed by atoms with Crippen LogP contribution in [0.3, 0.4) is 0 Å². The predicted molar refractivity (Wildman–Crippen MR) is 62.0 cm³/mol. The van der Waals surface area contributed by atoms with Crippen molar-refractivity contribution in [2.24, 2.45) is 0 Å². The molecule has 0 aliphatic heterocycles. The normalized spacial score (nSPS) is 10.2. The standard InChI is InChI=1S/C12H13N3O2/c1-2-17-12-6-4-3-5-10(12)11(16)7-15-9-13-8-14-15/h3-6,8-9H,2,7H2,1H3. The van der Waals surface area contributed by atoms with Crippen LogP contribution < -0.4 is 4.74 Å².